The Morgan fingerprint density at radius 1 is 1.17 bits per heavy atom. The number of urea groups is 1. The molecule has 9 nitrogen and oxygen atoms in total. The van der Waals surface area contributed by atoms with Crippen molar-refractivity contribution in [1.82, 2.24) is 24.9 Å². The first-order chi connectivity index (χ1) is 14.5. The fraction of sp³-hybridized carbons (Fsp3) is 0.143. The van der Waals surface area contributed by atoms with E-state index >= 15 is 0 Å². The van der Waals surface area contributed by atoms with Crippen LogP contribution in [-0.4, -0.2) is 37.8 Å². The minimum atomic E-state index is -0.438. The molecule has 2 amide bonds. The molecule has 9 heteroatoms. The van der Waals surface area contributed by atoms with Gasteiger partial charge in [0.05, 0.1) is 18.8 Å². The van der Waals surface area contributed by atoms with Gasteiger partial charge in [-0.2, -0.15) is 9.50 Å². The maximum absolute atomic E-state index is 12.4. The van der Waals surface area contributed by atoms with Crippen LogP contribution in [0.5, 0.6) is 11.5 Å². The molecule has 2 aromatic carbocycles. The molecule has 152 valence electrons. The molecule has 0 aliphatic heterocycles. The van der Waals surface area contributed by atoms with E-state index in [1.54, 1.807) is 43.6 Å². The summed E-state index contributed by atoms with van der Waals surface area (Å²) in [7, 11) is 1.60. The molecule has 4 aromatic rings. The van der Waals surface area contributed by atoms with E-state index in [9.17, 15) is 9.90 Å². The van der Waals surface area contributed by atoms with E-state index in [-0.39, 0.29) is 17.7 Å². The number of phenols is 1. The summed E-state index contributed by atoms with van der Waals surface area (Å²) in [6.07, 6.45) is 1.61. The van der Waals surface area contributed by atoms with Crippen molar-refractivity contribution in [2.24, 2.45) is 0 Å². The number of anilines is 1. The topological polar surface area (TPSA) is 114 Å². The van der Waals surface area contributed by atoms with Crippen molar-refractivity contribution in [1.29, 1.82) is 0 Å². The highest BCUT2D eigenvalue weighted by Gasteiger charge is 2.14. The van der Waals surface area contributed by atoms with Gasteiger partial charge in [-0.1, -0.05) is 12.1 Å². The fourth-order valence-corrected chi connectivity index (χ4v) is 3.03. The third-order valence-electron chi connectivity index (χ3n) is 4.57. The summed E-state index contributed by atoms with van der Waals surface area (Å²) in [6, 6.07) is 15.3. The molecule has 0 saturated carbocycles. The van der Waals surface area contributed by atoms with E-state index < -0.39 is 6.03 Å². The first-order valence-corrected chi connectivity index (χ1v) is 9.26. The van der Waals surface area contributed by atoms with Crippen LogP contribution in [0.1, 0.15) is 18.5 Å². The van der Waals surface area contributed by atoms with Gasteiger partial charge in [-0.15, -0.1) is 5.10 Å². The highest BCUT2D eigenvalue weighted by Crippen LogP contribution is 2.22. The zero-order valence-electron chi connectivity index (χ0n) is 16.4. The van der Waals surface area contributed by atoms with E-state index in [4.69, 9.17) is 4.74 Å². The highest BCUT2D eigenvalue weighted by molar-refractivity contribution is 5.87. The molecule has 0 aliphatic rings. The van der Waals surface area contributed by atoms with Crippen LogP contribution in [-0.2, 0) is 0 Å². The highest BCUT2D eigenvalue weighted by atomic mass is 16.5. The molecule has 30 heavy (non-hydrogen) atoms. The molecule has 0 radical (unpaired) electrons. The van der Waals surface area contributed by atoms with Gasteiger partial charge in [0.15, 0.2) is 0 Å². The van der Waals surface area contributed by atoms with Crippen molar-refractivity contribution in [2.75, 3.05) is 12.4 Å². The summed E-state index contributed by atoms with van der Waals surface area (Å²) < 4.78 is 6.76. The van der Waals surface area contributed by atoms with Gasteiger partial charge in [-0.25, -0.2) is 9.78 Å². The number of hydrogen-bond donors (Lipinski definition) is 3. The van der Waals surface area contributed by atoms with Crippen LogP contribution in [0.25, 0.3) is 17.0 Å². The minimum Gasteiger partial charge on any atom is -0.508 e. The second-order valence-corrected chi connectivity index (χ2v) is 6.62. The molecule has 0 spiro atoms. The number of fused-ring (bicyclic) bond motifs is 1. The number of amides is 2. The van der Waals surface area contributed by atoms with Crippen LogP contribution in [0.4, 0.5) is 10.7 Å². The van der Waals surface area contributed by atoms with E-state index in [1.165, 1.54) is 4.52 Å². The number of hydrogen-bond acceptors (Lipinski definition) is 6. The van der Waals surface area contributed by atoms with Gasteiger partial charge in [0.2, 0.25) is 0 Å². The molecule has 0 bridgehead atoms. The zero-order chi connectivity index (χ0) is 21.1. The van der Waals surface area contributed by atoms with Crippen molar-refractivity contribution < 1.29 is 14.6 Å². The van der Waals surface area contributed by atoms with Gasteiger partial charge < -0.3 is 15.2 Å². The lowest BCUT2D eigenvalue weighted by Gasteiger charge is -2.14. The molecule has 2 heterocycles. The number of carbonyl (C=O) groups is 1. The van der Waals surface area contributed by atoms with Crippen molar-refractivity contribution in [2.45, 2.75) is 13.0 Å². The largest absolute Gasteiger partial charge is 0.508 e. The number of ether oxygens (including phenoxy) is 1. The molecule has 0 fully saturated rings. The maximum Gasteiger partial charge on any atom is 0.322 e. The molecule has 4 rings (SSSR count). The van der Waals surface area contributed by atoms with Gasteiger partial charge in [-0.3, -0.25) is 5.32 Å². The Kier molecular flexibility index (Phi) is 5.17. The second-order valence-electron chi connectivity index (χ2n) is 6.62. The van der Waals surface area contributed by atoms with Crippen LogP contribution in [0.3, 0.4) is 0 Å². The number of nitrogens with zero attached hydrogens (tertiary/aromatic N) is 4. The van der Waals surface area contributed by atoms with E-state index in [1.807, 2.05) is 31.2 Å². The van der Waals surface area contributed by atoms with Crippen LogP contribution in [0.15, 0.2) is 60.8 Å². The maximum atomic E-state index is 12.4. The number of carbonyl (C=O) groups excluding carboxylic acids is 1. The number of benzene rings is 2. The van der Waals surface area contributed by atoms with Gasteiger partial charge in [0.1, 0.15) is 11.5 Å². The average Bonchev–Trinajstić information content (AvgIpc) is 3.16. The predicted molar refractivity (Wildman–Crippen MR) is 111 cm³/mol. The van der Waals surface area contributed by atoms with Crippen molar-refractivity contribution in [3.05, 3.63) is 66.4 Å². The van der Waals surface area contributed by atoms with Crippen LogP contribution < -0.4 is 15.4 Å². The first kappa shape index (κ1) is 19.2. The van der Waals surface area contributed by atoms with Crippen LogP contribution in [0.2, 0.25) is 0 Å². The summed E-state index contributed by atoms with van der Waals surface area (Å²) in [5.41, 5.74) is 2.46. The third-order valence-corrected chi connectivity index (χ3v) is 4.57. The lowest BCUT2D eigenvalue weighted by molar-refractivity contribution is 0.249. The summed E-state index contributed by atoms with van der Waals surface area (Å²) in [5, 5.41) is 19.3. The Hall–Kier alpha value is -4.14. The Bertz CT molecular complexity index is 1190. The first-order valence-electron chi connectivity index (χ1n) is 9.26. The van der Waals surface area contributed by atoms with Gasteiger partial charge in [-0.05, 0) is 55.0 Å². The standard InChI is InChI=1S/C21H20N6O3/c1-13(15-4-3-5-17(12-15)30-2)23-21(29)25-19-24-20-22-11-10-18(27(20)26-19)14-6-8-16(28)9-7-14/h3-13,28H,1-2H3,(H2,23,25,26,29). The molecule has 2 aromatic heterocycles. The van der Waals surface area contributed by atoms with E-state index in [2.05, 4.69) is 25.7 Å². The average molecular weight is 404 g/mol. The summed E-state index contributed by atoms with van der Waals surface area (Å²) in [6.45, 7) is 1.87. The molecule has 1 atom stereocenters. The van der Waals surface area contributed by atoms with Crippen LogP contribution in [0, 0.1) is 0 Å². The number of phenolic OH excluding ortho intramolecular Hbond substituents is 1. The Labute approximate surface area is 172 Å². The molecular weight excluding hydrogens is 384 g/mol. The van der Waals surface area contributed by atoms with Gasteiger partial charge >= 0.3 is 6.03 Å². The second kappa shape index (κ2) is 8.08. The van der Waals surface area contributed by atoms with Crippen molar-refractivity contribution in [3.8, 4) is 22.8 Å². The number of aromatic hydroxyl groups is 1. The number of rotatable bonds is 5. The van der Waals surface area contributed by atoms with E-state index in [0.717, 1.165) is 22.6 Å². The summed E-state index contributed by atoms with van der Waals surface area (Å²) in [4.78, 5) is 20.9. The van der Waals surface area contributed by atoms with E-state index in [0.29, 0.717) is 5.78 Å². The predicted octanol–water partition coefficient (Wildman–Crippen LogP) is 3.39. The fourth-order valence-electron chi connectivity index (χ4n) is 3.03. The molecular formula is C21H20N6O3. The summed E-state index contributed by atoms with van der Waals surface area (Å²) in [5.74, 6) is 1.36. The smallest absolute Gasteiger partial charge is 0.322 e. The normalized spacial score (nSPS) is 11.8. The molecule has 0 saturated heterocycles. The minimum absolute atomic E-state index is 0.129. The Morgan fingerprint density at radius 2 is 1.97 bits per heavy atom. The monoisotopic (exact) mass is 404 g/mol. The number of aromatic nitrogens is 4. The Morgan fingerprint density at radius 3 is 2.73 bits per heavy atom. The van der Waals surface area contributed by atoms with Crippen molar-refractivity contribution >= 4 is 17.8 Å². The molecule has 1 unspecified atom stereocenters. The molecule has 0 aliphatic carbocycles. The number of nitrogens with one attached hydrogen (secondary N) is 2. The van der Waals surface area contributed by atoms with Crippen LogP contribution >= 0.6 is 0 Å². The SMILES string of the molecule is COc1cccc(C(C)NC(=O)Nc2nc3nccc(-c4ccc(O)cc4)n3n2)c1. The zero-order valence-corrected chi connectivity index (χ0v) is 16.4. The lowest BCUT2D eigenvalue weighted by Crippen LogP contribution is -2.31. The lowest BCUT2D eigenvalue weighted by atomic mass is 10.1. The quantitative estimate of drug-likeness (QED) is 0.470. The Balaban J connectivity index is 1.52. The van der Waals surface area contributed by atoms with Gasteiger partial charge in [0.25, 0.3) is 11.7 Å². The number of methoxy groups -OCH3 is 1. The third kappa shape index (κ3) is 4.00. The van der Waals surface area contributed by atoms with Gasteiger partial charge in [0, 0.05) is 11.8 Å². The van der Waals surface area contributed by atoms with Crippen molar-refractivity contribution in [3.63, 3.8) is 0 Å². The molecule has 3 N–H and O–H groups in total. The summed E-state index contributed by atoms with van der Waals surface area (Å²) >= 11 is 0.